The summed E-state index contributed by atoms with van der Waals surface area (Å²) in [5.74, 6) is 1.82. The Bertz CT molecular complexity index is 1030. The summed E-state index contributed by atoms with van der Waals surface area (Å²) in [4.78, 5) is 18.4. The summed E-state index contributed by atoms with van der Waals surface area (Å²) < 4.78 is 1.96. The van der Waals surface area contributed by atoms with Crippen LogP contribution >= 0.6 is 24.0 Å². The number of fused-ring (bicyclic) bond motifs is 1. The summed E-state index contributed by atoms with van der Waals surface area (Å²) in [6.45, 7) is 5.47. The number of aromatic nitrogens is 3. The van der Waals surface area contributed by atoms with Crippen molar-refractivity contribution in [3.05, 3.63) is 65.6 Å². The maximum Gasteiger partial charge on any atom is 0.222 e. The molecule has 0 spiro atoms. The molecule has 1 amide bonds. The number of guanidine groups is 1. The minimum Gasteiger partial charge on any atom is -0.357 e. The van der Waals surface area contributed by atoms with Crippen molar-refractivity contribution >= 4 is 41.5 Å². The predicted octanol–water partition coefficient (Wildman–Crippen LogP) is 2.73. The number of amides is 1. The molecule has 0 radical (unpaired) electrons. The fourth-order valence-corrected chi connectivity index (χ4v) is 3.53. The van der Waals surface area contributed by atoms with Crippen molar-refractivity contribution in [3.8, 4) is 0 Å². The first kappa shape index (κ1) is 23.0. The molecule has 1 aliphatic rings. The van der Waals surface area contributed by atoms with E-state index in [-0.39, 0.29) is 29.9 Å². The summed E-state index contributed by atoms with van der Waals surface area (Å²) in [7, 11) is 0. The van der Waals surface area contributed by atoms with E-state index >= 15 is 0 Å². The van der Waals surface area contributed by atoms with Crippen molar-refractivity contribution in [3.63, 3.8) is 0 Å². The van der Waals surface area contributed by atoms with Crippen LogP contribution in [0.4, 0.5) is 0 Å². The van der Waals surface area contributed by atoms with Gasteiger partial charge in [0.15, 0.2) is 17.4 Å². The van der Waals surface area contributed by atoms with E-state index in [9.17, 15) is 4.79 Å². The van der Waals surface area contributed by atoms with E-state index in [0.717, 1.165) is 48.1 Å². The molecule has 1 aromatic carbocycles. The lowest BCUT2D eigenvalue weighted by Crippen LogP contribution is -2.37. The number of nitrogens with zero attached hydrogens (tertiary/aromatic N) is 5. The van der Waals surface area contributed by atoms with Gasteiger partial charge in [-0.25, -0.2) is 4.99 Å². The molecule has 0 saturated carbocycles. The maximum atomic E-state index is 11.8. The smallest absolute Gasteiger partial charge is 0.222 e. The fraction of sp³-hybridized carbons (Fsp3) is 0.364. The molecule has 0 bridgehead atoms. The average Bonchev–Trinajstić information content (AvgIpc) is 3.37. The molecule has 0 aliphatic carbocycles. The number of likely N-dealkylation sites (tertiary alicyclic amines) is 1. The normalized spacial score (nSPS) is 14.0. The third-order valence-corrected chi connectivity index (χ3v) is 5.13. The summed E-state index contributed by atoms with van der Waals surface area (Å²) in [5, 5.41) is 15.0. The van der Waals surface area contributed by atoms with Crippen LogP contribution in [-0.4, -0.2) is 44.5 Å². The van der Waals surface area contributed by atoms with Crippen molar-refractivity contribution in [2.45, 2.75) is 39.4 Å². The topological polar surface area (TPSA) is 86.9 Å². The van der Waals surface area contributed by atoms with Gasteiger partial charge in [-0.3, -0.25) is 9.20 Å². The number of carbonyl (C=O) groups is 1. The van der Waals surface area contributed by atoms with E-state index in [4.69, 9.17) is 0 Å². The SMILES string of the molecule is CCNC(=NCc1ccc(CN2CCCC2=O)cc1)NCc1nnc2ccccn12.I. The molecule has 164 valence electrons. The molecular weight excluding hydrogens is 505 g/mol. The second kappa shape index (κ2) is 11.1. The Morgan fingerprint density at radius 2 is 1.90 bits per heavy atom. The van der Waals surface area contributed by atoms with Crippen LogP contribution in [0.25, 0.3) is 5.65 Å². The number of hydrogen-bond donors (Lipinski definition) is 2. The standard InChI is InChI=1S/C22H27N7O.HI/c1-2-23-22(25-15-20-27-26-19-6-3-4-13-29(19)20)24-14-17-8-10-18(11-9-17)16-28-12-5-7-21(28)30;/h3-4,6,8-11,13H,2,5,7,12,14-16H2,1H3,(H2,23,24,25);1H. The Labute approximate surface area is 199 Å². The van der Waals surface area contributed by atoms with Gasteiger partial charge < -0.3 is 15.5 Å². The van der Waals surface area contributed by atoms with Crippen molar-refractivity contribution in [1.29, 1.82) is 0 Å². The van der Waals surface area contributed by atoms with Crippen LogP contribution in [0.3, 0.4) is 0 Å². The van der Waals surface area contributed by atoms with E-state index < -0.39 is 0 Å². The number of carbonyl (C=O) groups excluding carboxylic acids is 1. The van der Waals surface area contributed by atoms with Gasteiger partial charge in [0, 0.05) is 32.3 Å². The lowest BCUT2D eigenvalue weighted by atomic mass is 10.1. The average molecular weight is 533 g/mol. The highest BCUT2D eigenvalue weighted by atomic mass is 127. The van der Waals surface area contributed by atoms with Gasteiger partial charge in [0.25, 0.3) is 0 Å². The predicted molar refractivity (Wildman–Crippen MR) is 131 cm³/mol. The monoisotopic (exact) mass is 533 g/mol. The Morgan fingerprint density at radius 3 is 2.65 bits per heavy atom. The first-order valence-electron chi connectivity index (χ1n) is 10.4. The molecule has 3 aromatic rings. The quantitative estimate of drug-likeness (QED) is 0.277. The zero-order valence-corrected chi connectivity index (χ0v) is 20.0. The fourth-order valence-electron chi connectivity index (χ4n) is 3.53. The number of hydrogen-bond acceptors (Lipinski definition) is 4. The van der Waals surface area contributed by atoms with Crippen molar-refractivity contribution in [2.24, 2.45) is 4.99 Å². The van der Waals surface area contributed by atoms with Gasteiger partial charge in [-0.1, -0.05) is 30.3 Å². The van der Waals surface area contributed by atoms with E-state index in [1.165, 1.54) is 0 Å². The second-order valence-electron chi connectivity index (χ2n) is 7.33. The highest BCUT2D eigenvalue weighted by Crippen LogP contribution is 2.15. The second-order valence-corrected chi connectivity index (χ2v) is 7.33. The van der Waals surface area contributed by atoms with Crippen molar-refractivity contribution in [1.82, 2.24) is 30.1 Å². The van der Waals surface area contributed by atoms with Crippen molar-refractivity contribution in [2.75, 3.05) is 13.1 Å². The number of halogens is 1. The van der Waals surface area contributed by atoms with E-state index in [2.05, 4.69) is 50.1 Å². The van der Waals surface area contributed by atoms with Gasteiger partial charge >= 0.3 is 0 Å². The molecule has 1 fully saturated rings. The summed E-state index contributed by atoms with van der Waals surface area (Å²) in [6, 6.07) is 14.2. The molecule has 3 heterocycles. The minimum atomic E-state index is 0. The Hall–Kier alpha value is -2.69. The first-order chi connectivity index (χ1) is 14.7. The molecule has 0 atom stereocenters. The molecule has 8 nitrogen and oxygen atoms in total. The summed E-state index contributed by atoms with van der Waals surface area (Å²) >= 11 is 0. The number of benzene rings is 1. The van der Waals surface area contributed by atoms with Crippen LogP contribution in [0.5, 0.6) is 0 Å². The van der Waals surface area contributed by atoms with Crippen LogP contribution in [0, 0.1) is 0 Å². The van der Waals surface area contributed by atoms with Gasteiger partial charge in [0.1, 0.15) is 0 Å². The molecule has 2 N–H and O–H groups in total. The lowest BCUT2D eigenvalue weighted by Gasteiger charge is -2.15. The molecular formula is C22H28IN7O. The zero-order valence-electron chi connectivity index (χ0n) is 17.6. The van der Waals surface area contributed by atoms with Crippen LogP contribution in [0.15, 0.2) is 53.7 Å². The molecule has 9 heteroatoms. The highest BCUT2D eigenvalue weighted by Gasteiger charge is 2.19. The van der Waals surface area contributed by atoms with Gasteiger partial charge in [-0.15, -0.1) is 34.2 Å². The molecule has 31 heavy (non-hydrogen) atoms. The first-order valence-corrected chi connectivity index (χ1v) is 10.4. The highest BCUT2D eigenvalue weighted by molar-refractivity contribution is 14.0. The summed E-state index contributed by atoms with van der Waals surface area (Å²) in [6.07, 6.45) is 3.60. The zero-order chi connectivity index (χ0) is 20.8. The third-order valence-electron chi connectivity index (χ3n) is 5.13. The van der Waals surface area contributed by atoms with Gasteiger partial charge in [0.2, 0.25) is 5.91 Å². The van der Waals surface area contributed by atoms with Crippen molar-refractivity contribution < 1.29 is 4.79 Å². The molecule has 2 aromatic heterocycles. The largest absolute Gasteiger partial charge is 0.357 e. The molecule has 4 rings (SSSR count). The number of nitrogens with one attached hydrogen (secondary N) is 2. The summed E-state index contributed by atoms with van der Waals surface area (Å²) in [5.41, 5.74) is 3.10. The van der Waals surface area contributed by atoms with E-state index in [1.54, 1.807) is 0 Å². The Kier molecular flexibility index (Phi) is 8.21. The van der Waals surface area contributed by atoms with Crippen LogP contribution < -0.4 is 10.6 Å². The van der Waals surface area contributed by atoms with E-state index in [0.29, 0.717) is 26.1 Å². The molecule has 1 aliphatic heterocycles. The number of pyridine rings is 1. The maximum absolute atomic E-state index is 11.8. The molecule has 1 saturated heterocycles. The number of rotatable bonds is 7. The minimum absolute atomic E-state index is 0. The van der Waals surface area contributed by atoms with Crippen LogP contribution in [0.1, 0.15) is 36.7 Å². The van der Waals surface area contributed by atoms with Crippen LogP contribution in [-0.2, 0) is 24.4 Å². The van der Waals surface area contributed by atoms with E-state index in [1.807, 2.05) is 40.6 Å². The van der Waals surface area contributed by atoms with Crippen LogP contribution in [0.2, 0.25) is 0 Å². The lowest BCUT2D eigenvalue weighted by molar-refractivity contribution is -0.128. The Morgan fingerprint density at radius 1 is 1.10 bits per heavy atom. The third kappa shape index (κ3) is 5.93. The van der Waals surface area contributed by atoms with Gasteiger partial charge in [-0.05, 0) is 36.6 Å². The number of aliphatic imine (C=N–C) groups is 1. The van der Waals surface area contributed by atoms with Gasteiger partial charge in [-0.2, -0.15) is 0 Å². The van der Waals surface area contributed by atoms with Gasteiger partial charge in [0.05, 0.1) is 13.1 Å². The molecule has 0 unspecified atom stereocenters. The Balaban J connectivity index is 0.00000272.